The summed E-state index contributed by atoms with van der Waals surface area (Å²) in [5.41, 5.74) is 1.35. The normalized spacial score (nSPS) is 10.7. The van der Waals surface area contributed by atoms with Gasteiger partial charge >= 0.3 is 0 Å². The number of halogens is 1. The minimum Gasteiger partial charge on any atom is -0.350 e. The summed E-state index contributed by atoms with van der Waals surface area (Å²) >= 11 is 6.08. The Morgan fingerprint density at radius 3 is 2.70 bits per heavy atom. The molecule has 150 valence electrons. The zero-order chi connectivity index (χ0) is 20.9. The molecule has 0 spiro atoms. The number of benzene rings is 1. The van der Waals surface area contributed by atoms with Crippen molar-refractivity contribution in [1.82, 2.24) is 30.2 Å². The first-order chi connectivity index (χ1) is 14.6. The quantitative estimate of drug-likeness (QED) is 0.506. The number of aromatic nitrogens is 5. The van der Waals surface area contributed by atoms with Crippen LogP contribution in [0.3, 0.4) is 0 Å². The summed E-state index contributed by atoms with van der Waals surface area (Å²) in [6.45, 7) is -0.0195. The van der Waals surface area contributed by atoms with Crippen molar-refractivity contribution in [2.75, 3.05) is 0 Å². The lowest BCUT2D eigenvalue weighted by molar-refractivity contribution is -0.122. The minimum absolute atomic E-state index is 0.132. The maximum atomic E-state index is 12.3. The molecular weight excluding hydrogens is 408 g/mol. The van der Waals surface area contributed by atoms with Crippen LogP contribution in [-0.4, -0.2) is 30.8 Å². The summed E-state index contributed by atoms with van der Waals surface area (Å²) in [6.07, 6.45) is 3.23. The molecule has 9 nitrogen and oxygen atoms in total. The van der Waals surface area contributed by atoms with Gasteiger partial charge in [0, 0.05) is 35.6 Å². The lowest BCUT2D eigenvalue weighted by Gasteiger charge is -2.08. The van der Waals surface area contributed by atoms with Crippen LogP contribution in [0.5, 0.6) is 0 Å². The van der Waals surface area contributed by atoms with Gasteiger partial charge in [-0.25, -0.2) is 4.68 Å². The van der Waals surface area contributed by atoms with E-state index >= 15 is 0 Å². The van der Waals surface area contributed by atoms with E-state index in [9.17, 15) is 9.59 Å². The molecule has 3 heterocycles. The van der Waals surface area contributed by atoms with Crippen LogP contribution < -0.4 is 10.9 Å². The average Bonchev–Trinajstić information content (AvgIpc) is 3.26. The molecule has 1 N–H and O–H groups in total. The fourth-order valence-electron chi connectivity index (χ4n) is 2.65. The molecule has 0 saturated heterocycles. The summed E-state index contributed by atoms with van der Waals surface area (Å²) in [6, 6.07) is 13.4. The smallest absolute Gasteiger partial charge is 0.278 e. The fraction of sp³-hybridized carbons (Fsp3) is 0.100. The number of carbonyl (C=O) groups excluding carboxylic acids is 1. The molecule has 30 heavy (non-hydrogen) atoms. The molecular formula is C20H15ClN6O3. The van der Waals surface area contributed by atoms with Crippen LogP contribution in [0.4, 0.5) is 0 Å². The second-order valence-corrected chi connectivity index (χ2v) is 6.65. The Hall–Kier alpha value is -3.85. The molecule has 0 aliphatic heterocycles. The maximum absolute atomic E-state index is 12.3. The number of nitrogens with zero attached hydrogens (tertiary/aromatic N) is 5. The maximum Gasteiger partial charge on any atom is 0.278 e. The first-order valence-electron chi connectivity index (χ1n) is 8.93. The zero-order valence-electron chi connectivity index (χ0n) is 15.5. The highest BCUT2D eigenvalue weighted by Crippen LogP contribution is 2.19. The van der Waals surface area contributed by atoms with Crippen molar-refractivity contribution in [1.29, 1.82) is 0 Å². The number of pyridine rings is 1. The largest absolute Gasteiger partial charge is 0.350 e. The molecule has 1 amide bonds. The van der Waals surface area contributed by atoms with Crippen LogP contribution in [0.25, 0.3) is 23.0 Å². The summed E-state index contributed by atoms with van der Waals surface area (Å²) in [7, 11) is 0. The SMILES string of the molecule is O=C(Cn1nc(-c2nc(-c3ccncc3)no2)ccc1=O)NCc1ccccc1Cl. The Morgan fingerprint density at radius 1 is 1.10 bits per heavy atom. The van der Waals surface area contributed by atoms with Gasteiger partial charge in [0.2, 0.25) is 11.7 Å². The highest BCUT2D eigenvalue weighted by atomic mass is 35.5. The Balaban J connectivity index is 1.48. The van der Waals surface area contributed by atoms with Crippen molar-refractivity contribution in [2.24, 2.45) is 0 Å². The lowest BCUT2D eigenvalue weighted by Crippen LogP contribution is -2.33. The summed E-state index contributed by atoms with van der Waals surface area (Å²) in [5.74, 6) is 0.112. The molecule has 0 aliphatic carbocycles. The van der Waals surface area contributed by atoms with Crippen molar-refractivity contribution in [3.05, 3.63) is 81.9 Å². The number of rotatable bonds is 6. The van der Waals surface area contributed by atoms with E-state index in [-0.39, 0.29) is 30.6 Å². The molecule has 0 atom stereocenters. The Labute approximate surface area is 175 Å². The number of carbonyl (C=O) groups is 1. The van der Waals surface area contributed by atoms with Gasteiger partial charge in [0.25, 0.3) is 11.4 Å². The molecule has 4 aromatic rings. The van der Waals surface area contributed by atoms with Gasteiger partial charge in [-0.1, -0.05) is 35.0 Å². The Bertz CT molecular complexity index is 1240. The predicted molar refractivity (Wildman–Crippen MR) is 108 cm³/mol. The summed E-state index contributed by atoms with van der Waals surface area (Å²) < 4.78 is 6.28. The number of hydrogen-bond donors (Lipinski definition) is 1. The van der Waals surface area contributed by atoms with E-state index in [1.165, 1.54) is 12.1 Å². The summed E-state index contributed by atoms with van der Waals surface area (Å²) in [5, 5.41) is 11.4. The predicted octanol–water partition coefficient (Wildman–Crippen LogP) is 2.33. The second-order valence-electron chi connectivity index (χ2n) is 6.24. The highest BCUT2D eigenvalue weighted by molar-refractivity contribution is 6.31. The van der Waals surface area contributed by atoms with E-state index < -0.39 is 5.56 Å². The van der Waals surface area contributed by atoms with Crippen LogP contribution >= 0.6 is 11.6 Å². The van der Waals surface area contributed by atoms with Crippen LogP contribution in [0.1, 0.15) is 5.56 Å². The van der Waals surface area contributed by atoms with E-state index in [2.05, 4.69) is 25.5 Å². The van der Waals surface area contributed by atoms with Crippen LogP contribution in [0, 0.1) is 0 Å². The third-order valence-corrected chi connectivity index (χ3v) is 4.55. The molecule has 4 rings (SSSR count). The average molecular weight is 423 g/mol. The third-order valence-electron chi connectivity index (χ3n) is 4.18. The van der Waals surface area contributed by atoms with Crippen LogP contribution in [0.2, 0.25) is 5.02 Å². The monoisotopic (exact) mass is 422 g/mol. The molecule has 0 fully saturated rings. The summed E-state index contributed by atoms with van der Waals surface area (Å²) in [4.78, 5) is 32.6. The first-order valence-corrected chi connectivity index (χ1v) is 9.31. The zero-order valence-corrected chi connectivity index (χ0v) is 16.3. The molecule has 10 heteroatoms. The molecule has 1 aromatic carbocycles. The molecule has 0 aliphatic rings. The lowest BCUT2D eigenvalue weighted by atomic mass is 10.2. The molecule has 3 aromatic heterocycles. The minimum atomic E-state index is -0.430. The highest BCUT2D eigenvalue weighted by Gasteiger charge is 2.14. The second kappa shape index (κ2) is 8.66. The third kappa shape index (κ3) is 4.41. The van der Waals surface area contributed by atoms with Crippen molar-refractivity contribution >= 4 is 17.5 Å². The molecule has 0 bridgehead atoms. The van der Waals surface area contributed by atoms with Crippen molar-refractivity contribution in [3.8, 4) is 23.0 Å². The van der Waals surface area contributed by atoms with Gasteiger partial charge in [-0.2, -0.15) is 10.1 Å². The van der Waals surface area contributed by atoms with Gasteiger partial charge in [-0.05, 0) is 29.8 Å². The Morgan fingerprint density at radius 2 is 1.90 bits per heavy atom. The van der Waals surface area contributed by atoms with Gasteiger partial charge in [0.1, 0.15) is 12.2 Å². The van der Waals surface area contributed by atoms with E-state index in [0.29, 0.717) is 10.8 Å². The van der Waals surface area contributed by atoms with Crippen molar-refractivity contribution in [3.63, 3.8) is 0 Å². The van der Waals surface area contributed by atoms with Gasteiger partial charge in [0.15, 0.2) is 0 Å². The molecule has 0 saturated carbocycles. The van der Waals surface area contributed by atoms with Crippen LogP contribution in [-0.2, 0) is 17.9 Å². The van der Waals surface area contributed by atoms with Crippen molar-refractivity contribution < 1.29 is 9.32 Å². The van der Waals surface area contributed by atoms with Gasteiger partial charge < -0.3 is 9.84 Å². The van der Waals surface area contributed by atoms with Gasteiger partial charge in [-0.15, -0.1) is 0 Å². The number of amides is 1. The standard InChI is InChI=1S/C20H15ClN6O3/c21-15-4-2-1-3-14(15)11-23-17(28)12-27-18(29)6-5-16(25-27)20-24-19(26-30-20)13-7-9-22-10-8-13/h1-10H,11-12H2,(H,23,28). The topological polar surface area (TPSA) is 116 Å². The van der Waals surface area contributed by atoms with Crippen molar-refractivity contribution in [2.45, 2.75) is 13.1 Å². The number of hydrogen-bond acceptors (Lipinski definition) is 7. The van der Waals surface area contributed by atoms with E-state index in [1.807, 2.05) is 12.1 Å². The van der Waals surface area contributed by atoms with E-state index in [1.54, 1.807) is 36.7 Å². The van der Waals surface area contributed by atoms with Gasteiger partial charge in [-0.3, -0.25) is 14.6 Å². The van der Waals surface area contributed by atoms with E-state index in [4.69, 9.17) is 16.1 Å². The van der Waals surface area contributed by atoms with Crippen LogP contribution in [0.15, 0.2) is 70.2 Å². The first kappa shape index (κ1) is 19.5. The fourth-order valence-corrected chi connectivity index (χ4v) is 2.85. The van der Waals surface area contributed by atoms with E-state index in [0.717, 1.165) is 15.8 Å². The van der Waals surface area contributed by atoms with Gasteiger partial charge in [0.05, 0.1) is 0 Å². The Kier molecular flexibility index (Phi) is 5.62. The number of nitrogens with one attached hydrogen (secondary N) is 1. The molecule has 0 unspecified atom stereocenters. The molecule has 0 radical (unpaired) electrons.